The standard InChI is InChI=1S/C18H34N2O2/c1-2-22-17-12-18(21,13-17)14-19-15-8-10-20(11-9-15)16-6-4-3-5-7-16/h15-17,19,21H,2-14H2,1H3. The van der Waals surface area contributed by atoms with E-state index < -0.39 is 5.60 Å². The van der Waals surface area contributed by atoms with E-state index in [-0.39, 0.29) is 6.10 Å². The fourth-order valence-corrected chi connectivity index (χ4v) is 4.53. The Morgan fingerprint density at radius 3 is 2.41 bits per heavy atom. The van der Waals surface area contributed by atoms with E-state index in [1.165, 1.54) is 58.0 Å². The van der Waals surface area contributed by atoms with Gasteiger partial charge in [-0.3, -0.25) is 0 Å². The van der Waals surface area contributed by atoms with Crippen molar-refractivity contribution in [3.8, 4) is 0 Å². The zero-order valence-corrected chi connectivity index (χ0v) is 14.2. The molecule has 22 heavy (non-hydrogen) atoms. The van der Waals surface area contributed by atoms with E-state index in [1.807, 2.05) is 6.92 Å². The third kappa shape index (κ3) is 4.22. The molecule has 1 saturated heterocycles. The SMILES string of the molecule is CCOC1CC(O)(CNC2CCN(C3CCCCC3)CC2)C1. The molecule has 3 aliphatic rings. The molecule has 3 fully saturated rings. The van der Waals surface area contributed by atoms with Crippen LogP contribution in [-0.4, -0.2) is 60.0 Å². The van der Waals surface area contributed by atoms with E-state index >= 15 is 0 Å². The van der Waals surface area contributed by atoms with Gasteiger partial charge in [0.25, 0.3) is 0 Å². The van der Waals surface area contributed by atoms with Crippen molar-refractivity contribution in [1.29, 1.82) is 0 Å². The Labute approximate surface area is 135 Å². The molecule has 0 atom stereocenters. The number of nitrogens with one attached hydrogen (secondary N) is 1. The van der Waals surface area contributed by atoms with Crippen LogP contribution in [0.5, 0.6) is 0 Å². The lowest BCUT2D eigenvalue weighted by molar-refractivity contribution is -0.136. The van der Waals surface area contributed by atoms with Crippen LogP contribution >= 0.6 is 0 Å². The third-order valence-electron chi connectivity index (χ3n) is 5.96. The van der Waals surface area contributed by atoms with Crippen LogP contribution in [0.25, 0.3) is 0 Å². The molecule has 0 spiro atoms. The van der Waals surface area contributed by atoms with Crippen LogP contribution in [0.1, 0.15) is 64.7 Å². The molecule has 0 radical (unpaired) electrons. The molecule has 2 N–H and O–H groups in total. The van der Waals surface area contributed by atoms with Gasteiger partial charge in [-0.2, -0.15) is 0 Å². The van der Waals surface area contributed by atoms with Crippen LogP contribution in [0.3, 0.4) is 0 Å². The maximum atomic E-state index is 10.4. The van der Waals surface area contributed by atoms with Crippen LogP contribution in [0.2, 0.25) is 0 Å². The van der Waals surface area contributed by atoms with Crippen molar-refractivity contribution >= 4 is 0 Å². The molecule has 3 rings (SSSR count). The number of rotatable bonds is 6. The highest BCUT2D eigenvalue weighted by Crippen LogP contribution is 2.34. The lowest BCUT2D eigenvalue weighted by Crippen LogP contribution is -2.57. The lowest BCUT2D eigenvalue weighted by atomic mass is 9.77. The summed E-state index contributed by atoms with van der Waals surface area (Å²) >= 11 is 0. The summed E-state index contributed by atoms with van der Waals surface area (Å²) < 4.78 is 5.55. The maximum absolute atomic E-state index is 10.4. The molecule has 0 aromatic carbocycles. The Hall–Kier alpha value is -0.160. The number of nitrogens with zero attached hydrogens (tertiary/aromatic N) is 1. The number of likely N-dealkylation sites (tertiary alicyclic amines) is 1. The molecule has 1 heterocycles. The number of aliphatic hydroxyl groups is 1. The molecule has 0 unspecified atom stereocenters. The largest absolute Gasteiger partial charge is 0.388 e. The first-order valence-electron chi connectivity index (χ1n) is 9.50. The van der Waals surface area contributed by atoms with Gasteiger partial charge >= 0.3 is 0 Å². The van der Waals surface area contributed by atoms with Crippen LogP contribution in [0.4, 0.5) is 0 Å². The minimum absolute atomic E-state index is 0.282. The smallest absolute Gasteiger partial charge is 0.0821 e. The van der Waals surface area contributed by atoms with Gasteiger partial charge in [0.15, 0.2) is 0 Å². The third-order valence-corrected chi connectivity index (χ3v) is 5.96. The normalized spacial score (nSPS) is 35.5. The van der Waals surface area contributed by atoms with E-state index in [1.54, 1.807) is 0 Å². The summed E-state index contributed by atoms with van der Waals surface area (Å²) in [6, 6.07) is 1.45. The van der Waals surface area contributed by atoms with E-state index in [0.717, 1.165) is 32.0 Å². The lowest BCUT2D eigenvalue weighted by Gasteiger charge is -2.45. The fourth-order valence-electron chi connectivity index (χ4n) is 4.53. The molecule has 2 aliphatic carbocycles. The Balaban J connectivity index is 1.32. The van der Waals surface area contributed by atoms with Gasteiger partial charge in [-0.1, -0.05) is 19.3 Å². The van der Waals surface area contributed by atoms with E-state index in [0.29, 0.717) is 6.04 Å². The van der Waals surface area contributed by atoms with Gasteiger partial charge in [0.1, 0.15) is 0 Å². The molecule has 2 saturated carbocycles. The Morgan fingerprint density at radius 1 is 1.09 bits per heavy atom. The van der Waals surface area contributed by atoms with Crippen molar-refractivity contribution in [2.45, 2.75) is 88.5 Å². The van der Waals surface area contributed by atoms with Gasteiger partial charge in [0.2, 0.25) is 0 Å². The number of ether oxygens (including phenoxy) is 1. The summed E-state index contributed by atoms with van der Waals surface area (Å²) in [7, 11) is 0. The second kappa shape index (κ2) is 7.61. The van der Waals surface area contributed by atoms with Crippen LogP contribution < -0.4 is 5.32 Å². The number of piperidine rings is 1. The van der Waals surface area contributed by atoms with Crippen LogP contribution in [-0.2, 0) is 4.74 Å². The summed E-state index contributed by atoms with van der Waals surface area (Å²) in [6.45, 7) is 6.00. The molecular formula is C18H34N2O2. The molecule has 0 aromatic rings. The molecule has 4 heteroatoms. The van der Waals surface area contributed by atoms with Gasteiger partial charge in [0.05, 0.1) is 11.7 Å². The summed E-state index contributed by atoms with van der Waals surface area (Å²) in [4.78, 5) is 2.72. The predicted molar refractivity (Wildman–Crippen MR) is 89.1 cm³/mol. The highest BCUT2D eigenvalue weighted by atomic mass is 16.5. The van der Waals surface area contributed by atoms with Crippen molar-refractivity contribution in [3.63, 3.8) is 0 Å². The molecular weight excluding hydrogens is 276 g/mol. The van der Waals surface area contributed by atoms with Gasteiger partial charge in [0, 0.05) is 38.1 Å². The zero-order chi connectivity index (χ0) is 15.4. The Kier molecular flexibility index (Phi) is 5.77. The summed E-state index contributed by atoms with van der Waals surface area (Å²) in [5.74, 6) is 0. The number of hydrogen-bond acceptors (Lipinski definition) is 4. The Morgan fingerprint density at radius 2 is 1.77 bits per heavy atom. The fraction of sp³-hybridized carbons (Fsp3) is 1.00. The summed E-state index contributed by atoms with van der Waals surface area (Å²) in [6.07, 6.45) is 11.5. The number of hydrogen-bond donors (Lipinski definition) is 2. The van der Waals surface area contributed by atoms with E-state index in [2.05, 4.69) is 10.2 Å². The topological polar surface area (TPSA) is 44.7 Å². The predicted octanol–water partition coefficient (Wildman–Crippen LogP) is 2.30. The van der Waals surface area contributed by atoms with Gasteiger partial charge in [-0.15, -0.1) is 0 Å². The summed E-state index contributed by atoms with van der Waals surface area (Å²) in [5, 5.41) is 14.1. The molecule has 4 nitrogen and oxygen atoms in total. The highest BCUT2D eigenvalue weighted by molar-refractivity contribution is 4.98. The first-order valence-corrected chi connectivity index (χ1v) is 9.50. The van der Waals surface area contributed by atoms with E-state index in [9.17, 15) is 5.11 Å². The van der Waals surface area contributed by atoms with Gasteiger partial charge in [-0.25, -0.2) is 0 Å². The molecule has 1 aliphatic heterocycles. The second-order valence-corrected chi connectivity index (χ2v) is 7.69. The Bertz CT molecular complexity index is 330. The minimum Gasteiger partial charge on any atom is -0.388 e. The van der Waals surface area contributed by atoms with Crippen molar-refractivity contribution in [2.24, 2.45) is 0 Å². The molecule has 0 bridgehead atoms. The van der Waals surface area contributed by atoms with Crippen molar-refractivity contribution in [2.75, 3.05) is 26.2 Å². The van der Waals surface area contributed by atoms with E-state index in [4.69, 9.17) is 4.74 Å². The summed E-state index contributed by atoms with van der Waals surface area (Å²) in [5.41, 5.74) is -0.514. The quantitative estimate of drug-likeness (QED) is 0.790. The average Bonchev–Trinajstić information content (AvgIpc) is 2.53. The average molecular weight is 310 g/mol. The first-order chi connectivity index (χ1) is 10.7. The van der Waals surface area contributed by atoms with Gasteiger partial charge < -0.3 is 20.1 Å². The minimum atomic E-state index is -0.514. The van der Waals surface area contributed by atoms with Crippen LogP contribution in [0, 0.1) is 0 Å². The maximum Gasteiger partial charge on any atom is 0.0821 e. The zero-order valence-electron chi connectivity index (χ0n) is 14.2. The molecule has 0 amide bonds. The molecule has 0 aromatic heterocycles. The second-order valence-electron chi connectivity index (χ2n) is 7.69. The monoisotopic (exact) mass is 310 g/mol. The van der Waals surface area contributed by atoms with Crippen LogP contribution in [0.15, 0.2) is 0 Å². The van der Waals surface area contributed by atoms with Gasteiger partial charge in [-0.05, 0) is 45.7 Å². The van der Waals surface area contributed by atoms with Crippen molar-refractivity contribution < 1.29 is 9.84 Å². The highest BCUT2D eigenvalue weighted by Gasteiger charge is 2.43. The van der Waals surface area contributed by atoms with Crippen molar-refractivity contribution in [3.05, 3.63) is 0 Å². The van der Waals surface area contributed by atoms with Crippen molar-refractivity contribution in [1.82, 2.24) is 10.2 Å². The first kappa shape index (κ1) is 16.7. The molecule has 128 valence electrons.